The fourth-order valence-electron chi connectivity index (χ4n) is 3.00. The highest BCUT2D eigenvalue weighted by Crippen LogP contribution is 2.25. The van der Waals surface area contributed by atoms with E-state index in [1.807, 2.05) is 0 Å². The smallest absolute Gasteiger partial charge is 0.338 e. The third-order valence-corrected chi connectivity index (χ3v) is 5.05. The van der Waals surface area contributed by atoms with Gasteiger partial charge in [-0.1, -0.05) is 23.2 Å². The molecule has 7 nitrogen and oxygen atoms in total. The van der Waals surface area contributed by atoms with Crippen LogP contribution in [0.5, 0.6) is 0 Å². The molecule has 0 aromatic heterocycles. The van der Waals surface area contributed by atoms with Gasteiger partial charge in [-0.2, -0.15) is 0 Å². The highest BCUT2D eigenvalue weighted by molar-refractivity contribution is 6.36. The predicted molar refractivity (Wildman–Crippen MR) is 109 cm³/mol. The second-order valence-corrected chi connectivity index (χ2v) is 7.34. The minimum absolute atomic E-state index is 0.0589. The number of imide groups is 1. The van der Waals surface area contributed by atoms with E-state index in [1.54, 1.807) is 0 Å². The second-order valence-electron chi connectivity index (χ2n) is 6.49. The Labute approximate surface area is 182 Å². The Balaban J connectivity index is 1.68. The molecule has 0 saturated heterocycles. The molecule has 1 heterocycles. The fourth-order valence-corrected chi connectivity index (χ4v) is 3.51. The molecule has 0 saturated carbocycles. The first-order chi connectivity index (χ1) is 14.3. The zero-order chi connectivity index (χ0) is 21.8. The first-order valence-corrected chi connectivity index (χ1v) is 9.73. The molecule has 0 bridgehead atoms. The van der Waals surface area contributed by atoms with Crippen molar-refractivity contribution >= 4 is 46.8 Å². The minimum Gasteiger partial charge on any atom is -0.454 e. The van der Waals surface area contributed by atoms with Crippen molar-refractivity contribution in [2.24, 2.45) is 0 Å². The van der Waals surface area contributed by atoms with E-state index >= 15 is 0 Å². The van der Waals surface area contributed by atoms with Crippen LogP contribution in [0.3, 0.4) is 0 Å². The molecule has 1 aliphatic rings. The maximum absolute atomic E-state index is 12.5. The first-order valence-electron chi connectivity index (χ1n) is 8.98. The standard InChI is InChI=1S/C21H17Cl2NO6/c1-29-8-2-7-24-19(26)14-5-3-12(9-16(14)20(24)27)21(28)30-11-18(25)15-6-4-13(22)10-17(15)23/h3-6,9-10H,2,7-8,11H2,1H3. The topological polar surface area (TPSA) is 90.0 Å². The van der Waals surface area contributed by atoms with E-state index in [0.717, 1.165) is 4.90 Å². The molecular formula is C21H17Cl2NO6. The Morgan fingerprint density at radius 2 is 1.73 bits per heavy atom. The third kappa shape index (κ3) is 4.53. The Bertz CT molecular complexity index is 1040. The van der Waals surface area contributed by atoms with Crippen molar-refractivity contribution in [3.8, 4) is 0 Å². The largest absolute Gasteiger partial charge is 0.454 e. The molecule has 0 N–H and O–H groups in total. The summed E-state index contributed by atoms with van der Waals surface area (Å²) >= 11 is 11.8. The molecule has 0 spiro atoms. The zero-order valence-electron chi connectivity index (χ0n) is 15.9. The first kappa shape index (κ1) is 22.0. The number of halogens is 2. The lowest BCUT2D eigenvalue weighted by molar-refractivity contribution is 0.0474. The van der Waals surface area contributed by atoms with Gasteiger partial charge in [-0.05, 0) is 42.8 Å². The van der Waals surface area contributed by atoms with E-state index in [0.29, 0.717) is 18.1 Å². The highest BCUT2D eigenvalue weighted by atomic mass is 35.5. The summed E-state index contributed by atoms with van der Waals surface area (Å²) in [6, 6.07) is 8.45. The summed E-state index contributed by atoms with van der Waals surface area (Å²) in [6.07, 6.45) is 0.506. The van der Waals surface area contributed by atoms with Crippen LogP contribution in [0.2, 0.25) is 10.0 Å². The molecule has 0 radical (unpaired) electrons. The zero-order valence-corrected chi connectivity index (χ0v) is 17.5. The minimum atomic E-state index is -0.797. The molecule has 0 fully saturated rings. The van der Waals surface area contributed by atoms with Crippen molar-refractivity contribution in [2.75, 3.05) is 26.9 Å². The monoisotopic (exact) mass is 449 g/mol. The maximum atomic E-state index is 12.5. The number of nitrogens with zero attached hydrogens (tertiary/aromatic N) is 1. The number of carbonyl (C=O) groups is 4. The summed E-state index contributed by atoms with van der Waals surface area (Å²) in [5.41, 5.74) is 0.580. The molecule has 2 amide bonds. The van der Waals surface area contributed by atoms with Crippen molar-refractivity contribution < 1.29 is 28.7 Å². The number of rotatable bonds is 8. The normalized spacial score (nSPS) is 12.8. The van der Waals surface area contributed by atoms with Gasteiger partial charge in [0.25, 0.3) is 11.8 Å². The average molecular weight is 450 g/mol. The number of carbonyl (C=O) groups excluding carboxylic acids is 4. The molecule has 0 atom stereocenters. The van der Waals surface area contributed by atoms with Gasteiger partial charge in [0.2, 0.25) is 5.78 Å². The molecule has 0 aliphatic carbocycles. The molecule has 156 valence electrons. The molecule has 2 aromatic rings. The van der Waals surface area contributed by atoms with Crippen molar-refractivity contribution in [1.82, 2.24) is 4.90 Å². The van der Waals surface area contributed by atoms with E-state index in [2.05, 4.69) is 0 Å². The van der Waals surface area contributed by atoms with Gasteiger partial charge < -0.3 is 9.47 Å². The lowest BCUT2D eigenvalue weighted by Crippen LogP contribution is -2.31. The molecule has 30 heavy (non-hydrogen) atoms. The summed E-state index contributed by atoms with van der Waals surface area (Å²) in [4.78, 5) is 50.6. The van der Waals surface area contributed by atoms with Crippen LogP contribution < -0.4 is 0 Å². The SMILES string of the molecule is COCCCN1C(=O)c2ccc(C(=O)OCC(=O)c3ccc(Cl)cc3Cl)cc2C1=O. The van der Waals surface area contributed by atoms with Crippen LogP contribution in [-0.2, 0) is 9.47 Å². The number of amides is 2. The van der Waals surface area contributed by atoms with E-state index in [1.165, 1.54) is 43.5 Å². The molecule has 9 heteroatoms. The van der Waals surface area contributed by atoms with Crippen molar-refractivity contribution in [2.45, 2.75) is 6.42 Å². The van der Waals surface area contributed by atoms with Crippen LogP contribution in [0.25, 0.3) is 0 Å². The molecular weight excluding hydrogens is 433 g/mol. The van der Waals surface area contributed by atoms with Gasteiger partial charge in [-0.25, -0.2) is 4.79 Å². The molecule has 2 aromatic carbocycles. The van der Waals surface area contributed by atoms with Crippen LogP contribution in [0.4, 0.5) is 0 Å². The number of ketones is 1. The van der Waals surface area contributed by atoms with Crippen molar-refractivity contribution in [1.29, 1.82) is 0 Å². The van der Waals surface area contributed by atoms with E-state index in [-0.39, 0.29) is 33.8 Å². The lowest BCUT2D eigenvalue weighted by Gasteiger charge is -2.12. The fraction of sp³-hybridized carbons (Fsp3) is 0.238. The number of fused-ring (bicyclic) bond motifs is 1. The second kappa shape index (κ2) is 9.38. The van der Waals surface area contributed by atoms with Gasteiger partial charge in [0.15, 0.2) is 6.61 Å². The number of hydrogen-bond acceptors (Lipinski definition) is 6. The van der Waals surface area contributed by atoms with Gasteiger partial charge in [0.05, 0.1) is 21.7 Å². The number of benzene rings is 2. The van der Waals surface area contributed by atoms with Crippen molar-refractivity contribution in [3.05, 3.63) is 68.7 Å². The summed E-state index contributed by atoms with van der Waals surface area (Å²) in [7, 11) is 1.53. The van der Waals surface area contributed by atoms with Gasteiger partial charge in [-0.3, -0.25) is 19.3 Å². The van der Waals surface area contributed by atoms with E-state index in [9.17, 15) is 19.2 Å². The van der Waals surface area contributed by atoms with Crippen LogP contribution in [0.1, 0.15) is 47.9 Å². The number of ether oxygens (including phenoxy) is 2. The molecule has 0 unspecified atom stereocenters. The Kier molecular flexibility index (Phi) is 6.87. The van der Waals surface area contributed by atoms with Gasteiger partial charge >= 0.3 is 5.97 Å². The number of hydrogen-bond donors (Lipinski definition) is 0. The van der Waals surface area contributed by atoms with E-state index in [4.69, 9.17) is 32.7 Å². The molecule has 3 rings (SSSR count). The van der Waals surface area contributed by atoms with Crippen LogP contribution in [0, 0.1) is 0 Å². The quantitative estimate of drug-likeness (QED) is 0.264. The van der Waals surface area contributed by atoms with Crippen LogP contribution in [0.15, 0.2) is 36.4 Å². The summed E-state index contributed by atoms with van der Waals surface area (Å²) in [5, 5.41) is 0.529. The summed E-state index contributed by atoms with van der Waals surface area (Å²) in [5.74, 6) is -2.19. The maximum Gasteiger partial charge on any atom is 0.338 e. The van der Waals surface area contributed by atoms with Gasteiger partial charge in [0, 0.05) is 30.8 Å². The summed E-state index contributed by atoms with van der Waals surface area (Å²) < 4.78 is 9.99. The highest BCUT2D eigenvalue weighted by Gasteiger charge is 2.35. The predicted octanol–water partition coefficient (Wildman–Crippen LogP) is 3.67. The summed E-state index contributed by atoms with van der Waals surface area (Å²) in [6.45, 7) is 0.0975. The van der Waals surface area contributed by atoms with Crippen LogP contribution in [-0.4, -0.2) is 55.3 Å². The van der Waals surface area contributed by atoms with Crippen LogP contribution >= 0.6 is 23.2 Å². The lowest BCUT2D eigenvalue weighted by atomic mass is 10.1. The van der Waals surface area contributed by atoms with E-state index < -0.39 is 30.2 Å². The van der Waals surface area contributed by atoms with Crippen molar-refractivity contribution in [3.63, 3.8) is 0 Å². The Morgan fingerprint density at radius 3 is 2.43 bits per heavy atom. The van der Waals surface area contributed by atoms with Gasteiger partial charge in [-0.15, -0.1) is 0 Å². The number of esters is 1. The number of methoxy groups -OCH3 is 1. The number of Topliss-reactive ketones (excluding diaryl/α,β-unsaturated/α-hetero) is 1. The third-order valence-electron chi connectivity index (χ3n) is 4.50. The Morgan fingerprint density at radius 1 is 1.00 bits per heavy atom. The Hall–Kier alpha value is -2.74. The molecule has 1 aliphatic heterocycles. The van der Waals surface area contributed by atoms with Gasteiger partial charge in [0.1, 0.15) is 0 Å². The average Bonchev–Trinajstić information content (AvgIpc) is 2.96.